The summed E-state index contributed by atoms with van der Waals surface area (Å²) in [5, 5.41) is 66.1. The molecule has 9 atom stereocenters. The molecule has 83 heavy (non-hydrogen) atoms. The van der Waals surface area contributed by atoms with E-state index in [4.69, 9.17) is 28.0 Å². The summed E-state index contributed by atoms with van der Waals surface area (Å²) < 4.78 is 0. The molecule has 1 aromatic carbocycles. The van der Waals surface area contributed by atoms with Crippen LogP contribution in [0.15, 0.2) is 29.3 Å². The molecule has 0 bridgehead atoms. The van der Waals surface area contributed by atoms with Gasteiger partial charge in [-0.3, -0.25) is 67.3 Å². The molecular formula is C50H76N14O19. The third kappa shape index (κ3) is 26.3. The van der Waals surface area contributed by atoms with Gasteiger partial charge in [-0.2, -0.15) is 0 Å². The fourth-order valence-electron chi connectivity index (χ4n) is 8.20. The van der Waals surface area contributed by atoms with Crippen LogP contribution in [0.25, 0.3) is 0 Å². The van der Waals surface area contributed by atoms with Gasteiger partial charge in [0.15, 0.2) is 5.96 Å². The molecule has 33 nitrogen and oxygen atoms in total. The van der Waals surface area contributed by atoms with Gasteiger partial charge < -0.3 is 95.9 Å². The van der Waals surface area contributed by atoms with Crippen molar-refractivity contribution in [1.82, 2.24) is 47.4 Å². The fourth-order valence-corrected chi connectivity index (χ4v) is 8.20. The number of phenolic OH excluding ortho intramolecular Hbond substituents is 1. The van der Waals surface area contributed by atoms with Gasteiger partial charge in [0.25, 0.3) is 0 Å². The van der Waals surface area contributed by atoms with Crippen LogP contribution in [0.1, 0.15) is 103 Å². The highest BCUT2D eigenvalue weighted by atomic mass is 16.4. The Morgan fingerprint density at radius 2 is 1.12 bits per heavy atom. The zero-order valence-electron chi connectivity index (χ0n) is 46.1. The van der Waals surface area contributed by atoms with Crippen LogP contribution >= 0.6 is 0 Å². The van der Waals surface area contributed by atoms with Crippen molar-refractivity contribution in [2.45, 2.75) is 159 Å². The molecule has 1 fully saturated rings. The number of carboxylic acids is 4. The Balaban J connectivity index is 2.30. The lowest BCUT2D eigenvalue weighted by molar-refractivity contribution is -0.144. The number of benzene rings is 1. The highest BCUT2D eigenvalue weighted by Crippen LogP contribution is 2.19. The van der Waals surface area contributed by atoms with Gasteiger partial charge in [0, 0.05) is 38.8 Å². The van der Waals surface area contributed by atoms with Gasteiger partial charge in [-0.1, -0.05) is 26.0 Å². The van der Waals surface area contributed by atoms with E-state index in [-0.39, 0.29) is 62.8 Å². The number of carbonyl (C=O) groups is 14. The van der Waals surface area contributed by atoms with E-state index in [1.54, 1.807) is 13.8 Å². The van der Waals surface area contributed by atoms with Crippen molar-refractivity contribution in [3.05, 3.63) is 29.8 Å². The van der Waals surface area contributed by atoms with E-state index >= 15 is 0 Å². The highest BCUT2D eigenvalue weighted by Gasteiger charge is 2.38. The Bertz CT molecular complexity index is 2540. The number of likely N-dealkylation sites (tertiary alicyclic amines) is 1. The second-order valence-corrected chi connectivity index (χ2v) is 19.9. The number of amides is 10. The summed E-state index contributed by atoms with van der Waals surface area (Å²) in [5.41, 5.74) is 22.2. The summed E-state index contributed by atoms with van der Waals surface area (Å²) >= 11 is 0. The van der Waals surface area contributed by atoms with E-state index in [2.05, 4.69) is 42.2 Å². The monoisotopic (exact) mass is 1180 g/mol. The predicted molar refractivity (Wildman–Crippen MR) is 288 cm³/mol. The molecule has 2 rings (SSSR count). The highest BCUT2D eigenvalue weighted by molar-refractivity contribution is 5.99. The molecule has 1 aliphatic rings. The second kappa shape index (κ2) is 34.9. The molecule has 0 radical (unpaired) electrons. The number of aromatic hydroxyl groups is 1. The number of guanidine groups is 1. The maximum Gasteiger partial charge on any atom is 0.326 e. The summed E-state index contributed by atoms with van der Waals surface area (Å²) in [6.45, 7) is 3.97. The first kappa shape index (κ1) is 69.9. The van der Waals surface area contributed by atoms with Crippen LogP contribution in [-0.2, 0) is 73.5 Å². The Hall–Kier alpha value is -9.17. The molecule has 0 spiro atoms. The van der Waals surface area contributed by atoms with Crippen LogP contribution in [0.5, 0.6) is 5.75 Å². The second-order valence-electron chi connectivity index (χ2n) is 19.9. The zero-order valence-corrected chi connectivity index (χ0v) is 46.1. The minimum absolute atomic E-state index is 0.0189. The van der Waals surface area contributed by atoms with Crippen LogP contribution in [0.4, 0.5) is 0 Å². The molecule has 33 heteroatoms. The van der Waals surface area contributed by atoms with E-state index in [0.717, 1.165) is 4.90 Å². The number of nitrogens with one attached hydrogen (secondary N) is 8. The molecule has 1 saturated heterocycles. The van der Waals surface area contributed by atoms with Crippen LogP contribution in [0.3, 0.4) is 0 Å². The number of aliphatic imine (C=N–C) groups is 1. The third-order valence-electron chi connectivity index (χ3n) is 12.6. The molecule has 0 aliphatic carbocycles. The predicted octanol–water partition coefficient (Wildman–Crippen LogP) is -5.56. The first-order valence-electron chi connectivity index (χ1n) is 26.3. The number of carboxylic acid groups (broad SMARTS) is 4. The smallest absolute Gasteiger partial charge is 0.326 e. The number of nitrogens with two attached hydrogens (primary N) is 4. The lowest BCUT2D eigenvalue weighted by atomic mass is 10.0. The number of nitrogens with zero attached hydrogens (tertiary/aromatic N) is 2. The van der Waals surface area contributed by atoms with Crippen LogP contribution in [0.2, 0.25) is 0 Å². The number of aliphatic carboxylic acids is 4. The van der Waals surface area contributed by atoms with E-state index < -0.39 is 189 Å². The summed E-state index contributed by atoms with van der Waals surface area (Å²) in [5.74, 6) is -16.5. The van der Waals surface area contributed by atoms with Crippen molar-refractivity contribution in [3.8, 4) is 5.75 Å². The normalized spacial score (nSPS) is 15.6. The molecule has 0 unspecified atom stereocenters. The minimum Gasteiger partial charge on any atom is -0.508 e. The molecule has 1 aliphatic heterocycles. The third-order valence-corrected chi connectivity index (χ3v) is 12.6. The topological polar surface area (TPSA) is 556 Å². The standard InChI is InChI=1S/C50H76N14O19/c1-24(2)20-32(61-44(77)30(13-16-38(68)69)58-41(74)25(3)57-42(75)28(51)6-4-18-55-50(53)54)45(78)59-29(12-15-36(52)66)43(76)56-23-37(67)64-19-5-7-35(64)48(81)63-33(21-26-8-10-27(65)11-9-26)46(79)62-34(22-40(72)73)47(80)60-31(49(82)83)14-17-39(70)71/h8-11,24-25,28-35,65H,4-7,12-23,51H2,1-3H3,(H2,52,66)(H,56,76)(H,57,75)(H,58,74)(H,59,78)(H,60,80)(H,61,77)(H,62,79)(H,63,81)(H,68,69)(H,70,71)(H,72,73)(H,82,83)(H4,53,54,55)/t25-,28-,29-,30-,31-,32-,33-,34-,35-/m0/s1. The lowest BCUT2D eigenvalue weighted by Gasteiger charge is -2.28. The summed E-state index contributed by atoms with van der Waals surface area (Å²) in [4.78, 5) is 185. The van der Waals surface area contributed by atoms with Crippen LogP contribution < -0.4 is 65.5 Å². The SMILES string of the molecule is CC(C)C[C@H](NC(=O)[C@H](CCC(=O)O)NC(=O)[C@H](C)NC(=O)[C@@H](N)CCCN=C(N)N)C(=O)N[C@@H](CCC(N)=O)C(=O)NCC(=O)N1CCC[C@H]1C(=O)N[C@@H](Cc1ccc(O)cc1)C(=O)N[C@@H](CC(=O)O)C(=O)N[C@@H](CCC(=O)O)C(=O)O. The molecule has 460 valence electrons. The molecule has 10 amide bonds. The van der Waals surface area contributed by atoms with E-state index in [9.17, 15) is 87.5 Å². The molecule has 0 aromatic heterocycles. The molecule has 0 saturated carbocycles. The van der Waals surface area contributed by atoms with Gasteiger partial charge in [0.2, 0.25) is 59.1 Å². The Kier molecular flexibility index (Phi) is 29.4. The molecular weight excluding hydrogens is 1100 g/mol. The van der Waals surface area contributed by atoms with Crippen molar-refractivity contribution in [2.75, 3.05) is 19.6 Å². The quantitative estimate of drug-likeness (QED) is 0.0168. The lowest BCUT2D eigenvalue weighted by Crippen LogP contribution is -2.59. The number of hydrogen-bond donors (Lipinski definition) is 17. The Morgan fingerprint density at radius 3 is 1.69 bits per heavy atom. The first-order chi connectivity index (χ1) is 38.9. The van der Waals surface area contributed by atoms with Crippen molar-refractivity contribution in [1.29, 1.82) is 0 Å². The fraction of sp³-hybridized carbons (Fsp3) is 0.580. The summed E-state index contributed by atoms with van der Waals surface area (Å²) in [6, 6.07) is -8.41. The Morgan fingerprint density at radius 1 is 0.602 bits per heavy atom. The van der Waals surface area contributed by atoms with E-state index in [1.165, 1.54) is 31.2 Å². The van der Waals surface area contributed by atoms with Gasteiger partial charge in [0.05, 0.1) is 19.0 Å². The van der Waals surface area contributed by atoms with Gasteiger partial charge in [-0.05, 0) is 81.9 Å². The van der Waals surface area contributed by atoms with Gasteiger partial charge in [-0.15, -0.1) is 0 Å². The number of primary amides is 1. The number of hydrogen-bond acceptors (Lipinski definition) is 17. The molecule has 1 heterocycles. The van der Waals surface area contributed by atoms with Crippen molar-refractivity contribution in [2.24, 2.45) is 33.8 Å². The number of phenols is 1. The van der Waals surface area contributed by atoms with Gasteiger partial charge >= 0.3 is 23.9 Å². The van der Waals surface area contributed by atoms with Gasteiger partial charge in [-0.25, -0.2) is 4.79 Å². The summed E-state index contributed by atoms with van der Waals surface area (Å²) in [6.07, 6.45) is -4.12. The van der Waals surface area contributed by atoms with Crippen molar-refractivity contribution >= 4 is 88.9 Å². The zero-order chi connectivity index (χ0) is 62.7. The Labute approximate surface area is 475 Å². The first-order valence-corrected chi connectivity index (χ1v) is 26.3. The van der Waals surface area contributed by atoms with Gasteiger partial charge in [0.1, 0.15) is 54.1 Å². The summed E-state index contributed by atoms with van der Waals surface area (Å²) in [7, 11) is 0. The number of rotatable bonds is 37. The van der Waals surface area contributed by atoms with Crippen LogP contribution in [-0.4, -0.2) is 193 Å². The average molecular weight is 1180 g/mol. The molecule has 21 N–H and O–H groups in total. The van der Waals surface area contributed by atoms with E-state index in [1.807, 2.05) is 5.32 Å². The van der Waals surface area contributed by atoms with Crippen molar-refractivity contribution in [3.63, 3.8) is 0 Å². The van der Waals surface area contributed by atoms with E-state index in [0.29, 0.717) is 12.0 Å². The maximum atomic E-state index is 14.0. The average Bonchev–Trinajstić information content (AvgIpc) is 4.02. The largest absolute Gasteiger partial charge is 0.508 e. The number of carbonyl (C=O) groups excluding carboxylic acids is 10. The minimum atomic E-state index is -1.96. The molecule has 1 aromatic rings. The van der Waals surface area contributed by atoms with Crippen LogP contribution in [0, 0.1) is 5.92 Å². The van der Waals surface area contributed by atoms with Crippen molar-refractivity contribution < 1.29 is 92.7 Å². The maximum absolute atomic E-state index is 14.0.